The molecule has 1 rings (SSSR count). The Labute approximate surface area is 110 Å². The maximum absolute atomic E-state index is 11.5. The van der Waals surface area contributed by atoms with Crippen molar-refractivity contribution < 1.29 is 4.79 Å². The average molecular weight is 356 g/mol. The second-order valence-corrected chi connectivity index (χ2v) is 5.24. The molecule has 0 aromatic carbocycles. The van der Waals surface area contributed by atoms with E-state index < -0.39 is 0 Å². The fraction of sp³-hybridized carbons (Fsp3) is 0.333. The predicted molar refractivity (Wildman–Crippen MR) is 68.6 cm³/mol. The van der Waals surface area contributed by atoms with Crippen LogP contribution >= 0.6 is 43.5 Å². The summed E-state index contributed by atoms with van der Waals surface area (Å²) in [6, 6.07) is 1.71. The first-order valence-corrected chi connectivity index (χ1v) is 6.39. The van der Waals surface area contributed by atoms with E-state index in [-0.39, 0.29) is 15.9 Å². The highest BCUT2D eigenvalue weighted by atomic mass is 79.9. The Bertz CT molecular complexity index is 373. The molecular formula is C9H9Br2ClN2O. The number of aromatic nitrogens is 1. The minimum Gasteiger partial charge on any atom is -0.322 e. The van der Waals surface area contributed by atoms with Gasteiger partial charge in [-0.05, 0) is 28.4 Å². The third-order valence-corrected chi connectivity index (χ3v) is 3.50. The first kappa shape index (κ1) is 12.9. The third kappa shape index (κ3) is 3.74. The van der Waals surface area contributed by atoms with Gasteiger partial charge in [0.2, 0.25) is 5.91 Å². The number of alkyl halides is 1. The van der Waals surface area contributed by atoms with Gasteiger partial charge in [-0.15, -0.1) is 0 Å². The van der Waals surface area contributed by atoms with Gasteiger partial charge in [0.1, 0.15) is 0 Å². The van der Waals surface area contributed by atoms with Crippen molar-refractivity contribution in [3.8, 4) is 0 Å². The van der Waals surface area contributed by atoms with E-state index in [0.717, 1.165) is 4.47 Å². The van der Waals surface area contributed by atoms with E-state index in [1.165, 1.54) is 0 Å². The van der Waals surface area contributed by atoms with E-state index in [4.69, 9.17) is 11.6 Å². The highest BCUT2D eigenvalue weighted by Crippen LogP contribution is 2.23. The Morgan fingerprint density at radius 2 is 2.40 bits per heavy atom. The molecule has 0 radical (unpaired) electrons. The molecule has 0 spiro atoms. The van der Waals surface area contributed by atoms with Crippen LogP contribution in [0.4, 0.5) is 5.69 Å². The number of rotatable bonds is 3. The molecule has 0 fully saturated rings. The van der Waals surface area contributed by atoms with Gasteiger partial charge in [-0.3, -0.25) is 4.79 Å². The van der Waals surface area contributed by atoms with E-state index in [1.807, 2.05) is 6.92 Å². The number of halogens is 3. The average Bonchev–Trinajstić information content (AvgIpc) is 2.22. The van der Waals surface area contributed by atoms with Crippen LogP contribution in [0.15, 0.2) is 16.7 Å². The Hall–Kier alpha value is -0.130. The lowest BCUT2D eigenvalue weighted by atomic mass is 10.3. The van der Waals surface area contributed by atoms with Crippen molar-refractivity contribution in [1.29, 1.82) is 0 Å². The van der Waals surface area contributed by atoms with Crippen molar-refractivity contribution in [2.24, 2.45) is 0 Å². The molecule has 1 aromatic rings. The molecule has 1 amide bonds. The minimum absolute atomic E-state index is 0.126. The van der Waals surface area contributed by atoms with Crippen molar-refractivity contribution >= 4 is 55.1 Å². The van der Waals surface area contributed by atoms with Crippen LogP contribution in [0, 0.1) is 0 Å². The number of nitrogens with one attached hydrogen (secondary N) is 1. The molecule has 6 heteroatoms. The highest BCUT2D eigenvalue weighted by Gasteiger charge is 2.14. The maximum atomic E-state index is 11.5. The molecule has 0 bridgehead atoms. The zero-order valence-corrected chi connectivity index (χ0v) is 11.9. The maximum Gasteiger partial charge on any atom is 0.238 e. The van der Waals surface area contributed by atoms with E-state index in [0.29, 0.717) is 12.1 Å². The molecule has 1 heterocycles. The number of nitrogens with zero attached hydrogens (tertiary/aromatic N) is 1. The summed E-state index contributed by atoms with van der Waals surface area (Å²) in [6.07, 6.45) is 2.29. The summed E-state index contributed by atoms with van der Waals surface area (Å²) in [6.45, 7) is 1.92. The summed E-state index contributed by atoms with van der Waals surface area (Å²) in [4.78, 5) is 15.2. The second-order valence-electron chi connectivity index (χ2n) is 2.86. The van der Waals surface area contributed by atoms with Crippen molar-refractivity contribution in [2.75, 3.05) is 5.32 Å². The minimum atomic E-state index is -0.215. The topological polar surface area (TPSA) is 42.0 Å². The van der Waals surface area contributed by atoms with Gasteiger partial charge in [-0.2, -0.15) is 0 Å². The molecule has 1 aromatic heterocycles. The first-order chi connectivity index (χ1) is 7.04. The standard InChI is InChI=1S/C9H9Br2ClN2O/c1-2-6(11)9(15)14-7-3-5(10)4-13-8(7)12/h3-4,6H,2H2,1H3,(H,14,15). The van der Waals surface area contributed by atoms with Gasteiger partial charge in [0.15, 0.2) is 5.15 Å². The summed E-state index contributed by atoms with van der Waals surface area (Å²) >= 11 is 12.3. The molecular weight excluding hydrogens is 347 g/mol. The number of carbonyl (C=O) groups is 1. The molecule has 82 valence electrons. The van der Waals surface area contributed by atoms with Crippen LogP contribution in [0.2, 0.25) is 5.15 Å². The van der Waals surface area contributed by atoms with E-state index >= 15 is 0 Å². The van der Waals surface area contributed by atoms with Gasteiger partial charge in [0, 0.05) is 10.7 Å². The Morgan fingerprint density at radius 3 is 3.00 bits per heavy atom. The monoisotopic (exact) mass is 354 g/mol. The fourth-order valence-electron chi connectivity index (χ4n) is 0.907. The lowest BCUT2D eigenvalue weighted by Crippen LogP contribution is -2.22. The van der Waals surface area contributed by atoms with Crippen LogP contribution in [0.5, 0.6) is 0 Å². The Kier molecular flexibility index (Phi) is 5.02. The molecule has 0 aliphatic rings. The highest BCUT2D eigenvalue weighted by molar-refractivity contribution is 9.10. The van der Waals surface area contributed by atoms with Crippen LogP contribution in [0.3, 0.4) is 0 Å². The number of carbonyl (C=O) groups excluding carboxylic acids is 1. The van der Waals surface area contributed by atoms with Crippen molar-refractivity contribution in [3.63, 3.8) is 0 Å². The van der Waals surface area contributed by atoms with Crippen LogP contribution in [-0.2, 0) is 4.79 Å². The summed E-state index contributed by atoms with van der Waals surface area (Å²) in [5.74, 6) is -0.126. The predicted octanol–water partition coefficient (Wildman–Crippen LogP) is 3.61. The lowest BCUT2D eigenvalue weighted by molar-refractivity contribution is -0.115. The molecule has 1 unspecified atom stereocenters. The smallest absolute Gasteiger partial charge is 0.238 e. The summed E-state index contributed by atoms with van der Waals surface area (Å²) < 4.78 is 0.768. The number of amides is 1. The van der Waals surface area contributed by atoms with E-state index in [9.17, 15) is 4.79 Å². The van der Waals surface area contributed by atoms with E-state index in [1.54, 1.807) is 12.3 Å². The van der Waals surface area contributed by atoms with Crippen molar-refractivity contribution in [1.82, 2.24) is 4.98 Å². The van der Waals surface area contributed by atoms with Crippen LogP contribution in [0.1, 0.15) is 13.3 Å². The van der Waals surface area contributed by atoms with Crippen molar-refractivity contribution in [2.45, 2.75) is 18.2 Å². The molecule has 0 saturated heterocycles. The van der Waals surface area contributed by atoms with E-state index in [2.05, 4.69) is 42.2 Å². The zero-order valence-electron chi connectivity index (χ0n) is 7.93. The molecule has 0 aliphatic carbocycles. The summed E-state index contributed by atoms with van der Waals surface area (Å²) in [5, 5.41) is 2.97. The lowest BCUT2D eigenvalue weighted by Gasteiger charge is -2.09. The fourth-order valence-corrected chi connectivity index (χ4v) is 1.50. The number of pyridine rings is 1. The Balaban J connectivity index is 2.80. The van der Waals surface area contributed by atoms with Crippen LogP contribution < -0.4 is 5.32 Å². The van der Waals surface area contributed by atoms with Crippen molar-refractivity contribution in [3.05, 3.63) is 21.9 Å². The van der Waals surface area contributed by atoms with Gasteiger partial charge in [0.05, 0.1) is 10.5 Å². The molecule has 0 saturated carbocycles. The SMILES string of the molecule is CCC(Br)C(=O)Nc1cc(Br)cnc1Cl. The molecule has 1 N–H and O–H groups in total. The van der Waals surface area contributed by atoms with Crippen LogP contribution in [-0.4, -0.2) is 15.7 Å². The normalized spacial score (nSPS) is 12.3. The molecule has 15 heavy (non-hydrogen) atoms. The second kappa shape index (κ2) is 5.82. The molecule has 3 nitrogen and oxygen atoms in total. The van der Waals surface area contributed by atoms with Gasteiger partial charge >= 0.3 is 0 Å². The van der Waals surface area contributed by atoms with Gasteiger partial charge in [-0.25, -0.2) is 4.98 Å². The zero-order chi connectivity index (χ0) is 11.4. The molecule has 1 atom stereocenters. The largest absolute Gasteiger partial charge is 0.322 e. The summed E-state index contributed by atoms with van der Waals surface area (Å²) in [7, 11) is 0. The third-order valence-electron chi connectivity index (χ3n) is 1.71. The number of anilines is 1. The Morgan fingerprint density at radius 1 is 1.73 bits per heavy atom. The van der Waals surface area contributed by atoms with Gasteiger partial charge in [0.25, 0.3) is 0 Å². The number of hydrogen-bond acceptors (Lipinski definition) is 2. The quantitative estimate of drug-likeness (QED) is 0.664. The summed E-state index contributed by atoms with van der Waals surface area (Å²) in [5.41, 5.74) is 0.508. The number of hydrogen-bond donors (Lipinski definition) is 1. The van der Waals surface area contributed by atoms with Gasteiger partial charge in [-0.1, -0.05) is 34.5 Å². The first-order valence-electron chi connectivity index (χ1n) is 4.30. The van der Waals surface area contributed by atoms with Gasteiger partial charge < -0.3 is 5.32 Å². The molecule has 0 aliphatic heterocycles. The van der Waals surface area contributed by atoms with Crippen LogP contribution in [0.25, 0.3) is 0 Å².